The average Bonchev–Trinajstić information content (AvgIpc) is 2.56. The molecule has 1 fully saturated rings. The number of nitrogens with one attached hydrogen (secondary N) is 1. The van der Waals surface area contributed by atoms with Gasteiger partial charge in [0, 0.05) is 32.4 Å². The molecule has 0 spiro atoms. The normalized spacial score (nSPS) is 15.2. The van der Waals surface area contributed by atoms with E-state index in [2.05, 4.69) is 21.3 Å². The van der Waals surface area contributed by atoms with Gasteiger partial charge in [0.2, 0.25) is 5.88 Å². The van der Waals surface area contributed by atoms with Gasteiger partial charge in [-0.15, -0.1) is 0 Å². The van der Waals surface area contributed by atoms with E-state index in [4.69, 9.17) is 9.72 Å². The summed E-state index contributed by atoms with van der Waals surface area (Å²) in [6.07, 6.45) is 1.72. The van der Waals surface area contributed by atoms with Crippen molar-refractivity contribution >= 4 is 5.82 Å². The third-order valence-electron chi connectivity index (χ3n) is 3.42. The highest BCUT2D eigenvalue weighted by Crippen LogP contribution is 2.27. The predicted molar refractivity (Wildman–Crippen MR) is 79.1 cm³/mol. The third-order valence-corrected chi connectivity index (χ3v) is 3.42. The van der Waals surface area contributed by atoms with Crippen LogP contribution in [0.15, 0.2) is 36.5 Å². The lowest BCUT2D eigenvalue weighted by Gasteiger charge is -2.28. The summed E-state index contributed by atoms with van der Waals surface area (Å²) in [5, 5.41) is 3.35. The van der Waals surface area contributed by atoms with Crippen LogP contribution in [0.4, 0.5) is 5.82 Å². The fourth-order valence-electron chi connectivity index (χ4n) is 2.39. The molecule has 0 aromatic carbocycles. The van der Waals surface area contributed by atoms with Gasteiger partial charge in [-0.1, -0.05) is 6.07 Å². The van der Waals surface area contributed by atoms with Gasteiger partial charge >= 0.3 is 0 Å². The van der Waals surface area contributed by atoms with Gasteiger partial charge < -0.3 is 15.0 Å². The molecule has 3 rings (SSSR count). The Kier molecular flexibility index (Phi) is 3.78. The van der Waals surface area contributed by atoms with Gasteiger partial charge in [-0.2, -0.15) is 0 Å². The van der Waals surface area contributed by atoms with Gasteiger partial charge in [0.05, 0.1) is 18.4 Å². The van der Waals surface area contributed by atoms with Gasteiger partial charge in [0.1, 0.15) is 5.82 Å². The van der Waals surface area contributed by atoms with Gasteiger partial charge in [-0.25, -0.2) is 9.97 Å². The fraction of sp³-hybridized carbons (Fsp3) is 0.333. The van der Waals surface area contributed by atoms with Crippen LogP contribution in [0.2, 0.25) is 0 Å². The van der Waals surface area contributed by atoms with Crippen LogP contribution >= 0.6 is 0 Å². The quantitative estimate of drug-likeness (QED) is 0.917. The Bertz CT molecular complexity index is 582. The molecule has 20 heavy (non-hydrogen) atoms. The van der Waals surface area contributed by atoms with Crippen molar-refractivity contribution in [3.05, 3.63) is 36.5 Å². The summed E-state index contributed by atoms with van der Waals surface area (Å²) in [6, 6.07) is 9.96. The predicted octanol–water partition coefficient (Wildman–Crippen LogP) is 1.56. The number of hydrogen-bond donors (Lipinski definition) is 1. The maximum Gasteiger partial charge on any atom is 0.222 e. The molecule has 0 aliphatic carbocycles. The van der Waals surface area contributed by atoms with E-state index in [-0.39, 0.29) is 0 Å². The largest absolute Gasteiger partial charge is 0.481 e. The number of hydrogen-bond acceptors (Lipinski definition) is 5. The number of ether oxygens (including phenoxy) is 1. The van der Waals surface area contributed by atoms with E-state index < -0.39 is 0 Å². The lowest BCUT2D eigenvalue weighted by molar-refractivity contribution is 0.399. The van der Waals surface area contributed by atoms with Gasteiger partial charge in [0.15, 0.2) is 0 Å². The zero-order chi connectivity index (χ0) is 13.8. The van der Waals surface area contributed by atoms with Crippen LogP contribution in [0.25, 0.3) is 11.3 Å². The molecule has 0 amide bonds. The maximum absolute atomic E-state index is 5.31. The number of aromatic nitrogens is 2. The first kappa shape index (κ1) is 12.9. The molecule has 1 aliphatic rings. The Morgan fingerprint density at radius 2 is 2.00 bits per heavy atom. The molecule has 3 heterocycles. The van der Waals surface area contributed by atoms with Gasteiger partial charge in [-0.05, 0) is 24.3 Å². The molecule has 5 nitrogen and oxygen atoms in total. The van der Waals surface area contributed by atoms with Crippen LogP contribution < -0.4 is 15.0 Å². The Labute approximate surface area is 118 Å². The average molecular weight is 270 g/mol. The molecule has 1 aliphatic heterocycles. The van der Waals surface area contributed by atoms with Crippen molar-refractivity contribution in [2.75, 3.05) is 38.2 Å². The van der Waals surface area contributed by atoms with Crippen molar-refractivity contribution in [3.8, 4) is 17.1 Å². The lowest BCUT2D eigenvalue weighted by Crippen LogP contribution is -2.43. The summed E-state index contributed by atoms with van der Waals surface area (Å²) in [6.45, 7) is 3.98. The summed E-state index contributed by atoms with van der Waals surface area (Å²) in [7, 11) is 1.63. The summed E-state index contributed by atoms with van der Waals surface area (Å²) in [5.41, 5.74) is 1.82. The summed E-state index contributed by atoms with van der Waals surface area (Å²) in [5.74, 6) is 1.62. The molecule has 104 valence electrons. The van der Waals surface area contributed by atoms with Crippen molar-refractivity contribution in [1.29, 1.82) is 0 Å². The third kappa shape index (κ3) is 2.58. The van der Waals surface area contributed by atoms with Crippen molar-refractivity contribution in [3.63, 3.8) is 0 Å². The Hall–Kier alpha value is -2.14. The minimum atomic E-state index is 0.609. The Balaban J connectivity index is 1.94. The van der Waals surface area contributed by atoms with E-state index in [1.165, 1.54) is 0 Å². The topological polar surface area (TPSA) is 50.3 Å². The smallest absolute Gasteiger partial charge is 0.222 e. The second-order valence-electron chi connectivity index (χ2n) is 4.68. The highest BCUT2D eigenvalue weighted by atomic mass is 16.5. The molecule has 0 bridgehead atoms. The molecule has 1 N–H and O–H groups in total. The second-order valence-corrected chi connectivity index (χ2v) is 4.68. The first-order valence-electron chi connectivity index (χ1n) is 6.80. The molecule has 0 unspecified atom stereocenters. The number of pyridine rings is 2. The highest BCUT2D eigenvalue weighted by Gasteiger charge is 2.13. The van der Waals surface area contributed by atoms with E-state index >= 15 is 0 Å². The van der Waals surface area contributed by atoms with Crippen molar-refractivity contribution < 1.29 is 4.74 Å². The van der Waals surface area contributed by atoms with Crippen LogP contribution in [0.5, 0.6) is 5.88 Å². The molecular formula is C15H18N4O. The minimum absolute atomic E-state index is 0.609. The first-order valence-corrected chi connectivity index (χ1v) is 6.80. The SMILES string of the molecule is COc1ncccc1-c1cccc(N2CCNCC2)n1. The van der Waals surface area contributed by atoms with Crippen molar-refractivity contribution in [2.45, 2.75) is 0 Å². The van der Waals surface area contributed by atoms with Gasteiger partial charge in [0.25, 0.3) is 0 Å². The highest BCUT2D eigenvalue weighted by molar-refractivity contribution is 5.66. The van der Waals surface area contributed by atoms with E-state index in [9.17, 15) is 0 Å². The number of rotatable bonds is 3. The lowest BCUT2D eigenvalue weighted by atomic mass is 10.2. The van der Waals surface area contributed by atoms with E-state index in [1.54, 1.807) is 13.3 Å². The number of methoxy groups -OCH3 is 1. The van der Waals surface area contributed by atoms with Crippen LogP contribution in [0, 0.1) is 0 Å². The summed E-state index contributed by atoms with van der Waals surface area (Å²) >= 11 is 0. The van der Waals surface area contributed by atoms with Gasteiger partial charge in [-0.3, -0.25) is 0 Å². The molecule has 0 radical (unpaired) electrons. The van der Waals surface area contributed by atoms with E-state index in [0.29, 0.717) is 5.88 Å². The zero-order valence-corrected chi connectivity index (χ0v) is 11.5. The van der Waals surface area contributed by atoms with Crippen molar-refractivity contribution in [1.82, 2.24) is 15.3 Å². The number of piperazine rings is 1. The van der Waals surface area contributed by atoms with Crippen LogP contribution in [-0.2, 0) is 0 Å². The van der Waals surface area contributed by atoms with E-state index in [1.807, 2.05) is 24.3 Å². The zero-order valence-electron chi connectivity index (χ0n) is 11.5. The van der Waals surface area contributed by atoms with Crippen LogP contribution in [0.1, 0.15) is 0 Å². The fourth-order valence-corrected chi connectivity index (χ4v) is 2.39. The number of nitrogens with zero attached hydrogens (tertiary/aromatic N) is 3. The first-order chi connectivity index (χ1) is 9.88. The summed E-state index contributed by atoms with van der Waals surface area (Å²) in [4.78, 5) is 11.3. The molecule has 1 saturated heterocycles. The number of anilines is 1. The molecule has 0 atom stereocenters. The summed E-state index contributed by atoms with van der Waals surface area (Å²) < 4.78 is 5.31. The van der Waals surface area contributed by atoms with E-state index in [0.717, 1.165) is 43.3 Å². The van der Waals surface area contributed by atoms with Crippen LogP contribution in [0.3, 0.4) is 0 Å². The molecule has 5 heteroatoms. The molecule has 0 saturated carbocycles. The molecular weight excluding hydrogens is 252 g/mol. The maximum atomic E-state index is 5.31. The Morgan fingerprint density at radius 3 is 2.80 bits per heavy atom. The molecule has 2 aromatic rings. The monoisotopic (exact) mass is 270 g/mol. The van der Waals surface area contributed by atoms with Crippen molar-refractivity contribution in [2.24, 2.45) is 0 Å². The van der Waals surface area contributed by atoms with Crippen LogP contribution in [-0.4, -0.2) is 43.3 Å². The second kappa shape index (κ2) is 5.88. The Morgan fingerprint density at radius 1 is 1.15 bits per heavy atom. The standard InChI is InChI=1S/C15H18N4O/c1-20-15-12(4-3-7-17-15)13-5-2-6-14(18-13)19-10-8-16-9-11-19/h2-7,16H,8-11H2,1H3. The molecule has 2 aromatic heterocycles. The minimum Gasteiger partial charge on any atom is -0.481 e.